The number of aromatic nitrogens is 3. The molecule has 0 unspecified atom stereocenters. The Bertz CT molecular complexity index is 917. The fourth-order valence-electron chi connectivity index (χ4n) is 3.64. The van der Waals surface area contributed by atoms with Gasteiger partial charge in [0.1, 0.15) is 11.6 Å². The molecule has 3 aromatic rings. The summed E-state index contributed by atoms with van der Waals surface area (Å²) in [6, 6.07) is 13.9. The predicted octanol–water partition coefficient (Wildman–Crippen LogP) is 3.11. The third-order valence-corrected chi connectivity index (χ3v) is 5.11. The molecule has 0 atom stereocenters. The van der Waals surface area contributed by atoms with E-state index < -0.39 is 0 Å². The molecule has 6 heteroatoms. The lowest BCUT2D eigenvalue weighted by Crippen LogP contribution is -2.34. The molecular weight excluding hydrogens is 340 g/mol. The van der Waals surface area contributed by atoms with Crippen molar-refractivity contribution in [2.75, 3.05) is 19.6 Å². The Morgan fingerprint density at radius 3 is 2.70 bits per heavy atom. The Morgan fingerprint density at radius 2 is 1.96 bits per heavy atom. The number of likely N-dealkylation sites (tertiary alicyclic amines) is 1. The number of benzene rings is 1. The van der Waals surface area contributed by atoms with Crippen LogP contribution in [0.2, 0.25) is 0 Å². The van der Waals surface area contributed by atoms with E-state index in [0.717, 1.165) is 49.6 Å². The largest absolute Gasteiger partial charge is 0.465 e. The van der Waals surface area contributed by atoms with E-state index in [4.69, 9.17) is 4.42 Å². The number of hydrogen-bond donors (Lipinski definition) is 1. The lowest BCUT2D eigenvalue weighted by atomic mass is 9.96. The van der Waals surface area contributed by atoms with Crippen molar-refractivity contribution in [2.45, 2.75) is 25.3 Å². The van der Waals surface area contributed by atoms with Crippen LogP contribution in [0.25, 0.3) is 6.08 Å². The highest BCUT2D eigenvalue weighted by molar-refractivity contribution is 5.42. The summed E-state index contributed by atoms with van der Waals surface area (Å²) in [6.07, 6.45) is 7.85. The van der Waals surface area contributed by atoms with Gasteiger partial charge in [0.25, 0.3) is 0 Å². The van der Waals surface area contributed by atoms with Crippen LogP contribution in [0, 0.1) is 0 Å². The molecule has 1 aliphatic rings. The average Bonchev–Trinajstić information content (AvgIpc) is 3.34. The SMILES string of the molecule is O=c1[nH]nc(C2CCN(CC=Cc3ccco3)CC2)n1Cc1ccccc1. The van der Waals surface area contributed by atoms with Gasteiger partial charge >= 0.3 is 5.69 Å². The first-order valence-corrected chi connectivity index (χ1v) is 9.41. The molecular formula is C21H24N4O2. The summed E-state index contributed by atoms with van der Waals surface area (Å²) in [4.78, 5) is 14.6. The van der Waals surface area contributed by atoms with Crippen molar-refractivity contribution in [1.29, 1.82) is 0 Å². The van der Waals surface area contributed by atoms with Crippen LogP contribution in [-0.2, 0) is 6.54 Å². The van der Waals surface area contributed by atoms with Crippen LogP contribution >= 0.6 is 0 Å². The van der Waals surface area contributed by atoms with Crippen molar-refractivity contribution >= 4 is 6.08 Å². The van der Waals surface area contributed by atoms with Gasteiger partial charge in [-0.2, -0.15) is 5.10 Å². The van der Waals surface area contributed by atoms with Gasteiger partial charge in [0.05, 0.1) is 12.8 Å². The fraction of sp³-hybridized carbons (Fsp3) is 0.333. The third-order valence-electron chi connectivity index (χ3n) is 5.11. The Balaban J connectivity index is 1.36. The molecule has 0 saturated carbocycles. The molecule has 0 spiro atoms. The lowest BCUT2D eigenvalue weighted by molar-refractivity contribution is 0.227. The smallest absolute Gasteiger partial charge is 0.343 e. The van der Waals surface area contributed by atoms with E-state index >= 15 is 0 Å². The van der Waals surface area contributed by atoms with Gasteiger partial charge < -0.3 is 4.42 Å². The van der Waals surface area contributed by atoms with Gasteiger partial charge in [-0.15, -0.1) is 0 Å². The summed E-state index contributed by atoms with van der Waals surface area (Å²) in [7, 11) is 0. The number of rotatable bonds is 6. The highest BCUT2D eigenvalue weighted by Crippen LogP contribution is 2.26. The predicted molar refractivity (Wildman–Crippen MR) is 105 cm³/mol. The molecule has 0 bridgehead atoms. The Hall–Kier alpha value is -2.86. The maximum absolute atomic E-state index is 12.2. The van der Waals surface area contributed by atoms with Gasteiger partial charge in [0.15, 0.2) is 0 Å². The van der Waals surface area contributed by atoms with Crippen LogP contribution in [0.3, 0.4) is 0 Å². The number of nitrogens with zero attached hydrogens (tertiary/aromatic N) is 3. The number of aromatic amines is 1. The topological polar surface area (TPSA) is 67.1 Å². The Labute approximate surface area is 158 Å². The number of nitrogens with one attached hydrogen (secondary N) is 1. The molecule has 27 heavy (non-hydrogen) atoms. The van der Waals surface area contributed by atoms with Gasteiger partial charge in [0.2, 0.25) is 0 Å². The van der Waals surface area contributed by atoms with Crippen LogP contribution in [-0.4, -0.2) is 39.3 Å². The molecule has 140 valence electrons. The minimum absolute atomic E-state index is 0.127. The van der Waals surface area contributed by atoms with Gasteiger partial charge in [-0.05, 0) is 49.7 Å². The van der Waals surface area contributed by atoms with E-state index in [1.54, 1.807) is 10.8 Å². The molecule has 1 fully saturated rings. The van der Waals surface area contributed by atoms with Crippen molar-refractivity contribution in [3.63, 3.8) is 0 Å². The second kappa shape index (κ2) is 8.22. The van der Waals surface area contributed by atoms with Crippen LogP contribution < -0.4 is 5.69 Å². The van der Waals surface area contributed by atoms with Gasteiger partial charge in [-0.1, -0.05) is 36.4 Å². The molecule has 0 aliphatic carbocycles. The first-order valence-electron chi connectivity index (χ1n) is 9.41. The third kappa shape index (κ3) is 4.28. The van der Waals surface area contributed by atoms with E-state index in [2.05, 4.69) is 21.2 Å². The first kappa shape index (κ1) is 17.5. The molecule has 0 amide bonds. The maximum Gasteiger partial charge on any atom is 0.343 e. The molecule has 0 radical (unpaired) electrons. The van der Waals surface area contributed by atoms with E-state index in [9.17, 15) is 4.79 Å². The van der Waals surface area contributed by atoms with Crippen LogP contribution in [0.15, 0.2) is 64.0 Å². The quantitative estimate of drug-likeness (QED) is 0.730. The molecule has 2 aromatic heterocycles. The molecule has 4 rings (SSSR count). The molecule has 1 N–H and O–H groups in total. The Kier molecular flexibility index (Phi) is 5.34. The van der Waals surface area contributed by atoms with Gasteiger partial charge in [-0.25, -0.2) is 9.89 Å². The van der Waals surface area contributed by atoms with Gasteiger partial charge in [0, 0.05) is 12.5 Å². The monoisotopic (exact) mass is 364 g/mol. The minimum Gasteiger partial charge on any atom is -0.465 e. The summed E-state index contributed by atoms with van der Waals surface area (Å²) in [6.45, 7) is 3.47. The number of piperidine rings is 1. The van der Waals surface area contributed by atoms with E-state index in [0.29, 0.717) is 12.5 Å². The van der Waals surface area contributed by atoms with Crippen LogP contribution in [0.1, 0.15) is 35.9 Å². The van der Waals surface area contributed by atoms with Crippen molar-refractivity contribution in [3.05, 3.63) is 82.4 Å². The highest BCUT2D eigenvalue weighted by Gasteiger charge is 2.25. The second-order valence-corrected chi connectivity index (χ2v) is 6.95. The second-order valence-electron chi connectivity index (χ2n) is 6.95. The fourth-order valence-corrected chi connectivity index (χ4v) is 3.64. The van der Waals surface area contributed by atoms with E-state index in [1.807, 2.05) is 48.5 Å². The maximum atomic E-state index is 12.2. The highest BCUT2D eigenvalue weighted by atomic mass is 16.3. The zero-order valence-electron chi connectivity index (χ0n) is 15.3. The van der Waals surface area contributed by atoms with Crippen molar-refractivity contribution in [2.24, 2.45) is 0 Å². The summed E-state index contributed by atoms with van der Waals surface area (Å²) in [5, 5.41) is 6.98. The summed E-state index contributed by atoms with van der Waals surface area (Å²) >= 11 is 0. The molecule has 1 aliphatic heterocycles. The molecule has 1 aromatic carbocycles. The molecule has 3 heterocycles. The van der Waals surface area contributed by atoms with Gasteiger partial charge in [-0.3, -0.25) is 9.47 Å². The van der Waals surface area contributed by atoms with Crippen LogP contribution in [0.4, 0.5) is 0 Å². The lowest BCUT2D eigenvalue weighted by Gasteiger charge is -2.30. The Morgan fingerprint density at radius 1 is 1.15 bits per heavy atom. The van der Waals surface area contributed by atoms with Crippen molar-refractivity contribution in [1.82, 2.24) is 19.7 Å². The summed E-state index contributed by atoms with van der Waals surface area (Å²) in [5.74, 6) is 2.08. The summed E-state index contributed by atoms with van der Waals surface area (Å²) in [5.41, 5.74) is 0.986. The average molecular weight is 364 g/mol. The van der Waals surface area contributed by atoms with E-state index in [-0.39, 0.29) is 5.69 Å². The zero-order valence-corrected chi connectivity index (χ0v) is 15.3. The number of hydrogen-bond acceptors (Lipinski definition) is 4. The normalized spacial score (nSPS) is 16.3. The zero-order chi connectivity index (χ0) is 18.5. The van der Waals surface area contributed by atoms with Crippen molar-refractivity contribution < 1.29 is 4.42 Å². The number of furan rings is 1. The molecule has 1 saturated heterocycles. The minimum atomic E-state index is -0.127. The first-order chi connectivity index (χ1) is 13.3. The standard InChI is InChI=1S/C21H24N4O2/c26-21-23-22-20(25(21)16-17-6-2-1-3-7-17)18-10-13-24(14-11-18)12-4-8-19-9-5-15-27-19/h1-9,15,18H,10-14,16H2,(H,23,26). The van der Waals surface area contributed by atoms with Crippen molar-refractivity contribution in [3.8, 4) is 0 Å². The van der Waals surface area contributed by atoms with E-state index in [1.165, 1.54) is 0 Å². The number of H-pyrrole nitrogens is 1. The summed E-state index contributed by atoms with van der Waals surface area (Å²) < 4.78 is 7.10. The van der Waals surface area contributed by atoms with Crippen LogP contribution in [0.5, 0.6) is 0 Å². The molecule has 6 nitrogen and oxygen atoms in total.